The molecule has 0 fully saturated rings. The summed E-state index contributed by atoms with van der Waals surface area (Å²) in [5.74, 6) is -1.24. The van der Waals surface area contributed by atoms with Crippen molar-refractivity contribution in [3.63, 3.8) is 0 Å². The zero-order chi connectivity index (χ0) is 17.2. The summed E-state index contributed by atoms with van der Waals surface area (Å²) in [5.41, 5.74) is 0.0573. The number of aromatic nitrogens is 2. The maximum atomic E-state index is 14.2. The maximum Gasteiger partial charge on any atom is 0.435 e. The van der Waals surface area contributed by atoms with Gasteiger partial charge in [-0.05, 0) is 32.9 Å². The number of halogens is 1. The van der Waals surface area contributed by atoms with E-state index >= 15 is 0 Å². The molecule has 0 spiro atoms. The average Bonchev–Trinajstić information content (AvgIpc) is 2.94. The third kappa shape index (κ3) is 3.94. The quantitative estimate of drug-likeness (QED) is 0.794. The molecule has 2 rings (SSSR count). The van der Waals surface area contributed by atoms with E-state index in [4.69, 9.17) is 4.74 Å². The highest BCUT2D eigenvalue weighted by atomic mass is 19.1. The summed E-state index contributed by atoms with van der Waals surface area (Å²) >= 11 is 0. The van der Waals surface area contributed by atoms with Crippen LogP contribution in [0, 0.1) is 5.82 Å². The maximum absolute atomic E-state index is 14.2. The van der Waals surface area contributed by atoms with Gasteiger partial charge in [0.2, 0.25) is 0 Å². The van der Waals surface area contributed by atoms with Crippen molar-refractivity contribution in [2.45, 2.75) is 26.4 Å². The van der Waals surface area contributed by atoms with Crippen molar-refractivity contribution >= 4 is 12.1 Å². The first-order chi connectivity index (χ1) is 10.7. The Labute approximate surface area is 132 Å². The number of carbonyl (C=O) groups excluding carboxylic acids is 2. The fourth-order valence-corrected chi connectivity index (χ4v) is 1.86. The standard InChI is InChI=1S/C16H17FN2O4/c1-16(2,3)23-15(21)19-9-11(8-18-19)12-6-5-10(7-13(12)17)14(20)22-4/h5-9H,1-4H3. The Bertz CT molecular complexity index is 747. The van der Waals surface area contributed by atoms with Crippen LogP contribution in [0.1, 0.15) is 31.1 Å². The molecule has 23 heavy (non-hydrogen) atoms. The van der Waals surface area contributed by atoms with Gasteiger partial charge in [-0.15, -0.1) is 0 Å². The zero-order valence-corrected chi connectivity index (χ0v) is 13.3. The van der Waals surface area contributed by atoms with Gasteiger partial charge in [0.1, 0.15) is 11.4 Å². The topological polar surface area (TPSA) is 70.4 Å². The van der Waals surface area contributed by atoms with Gasteiger partial charge in [0.25, 0.3) is 0 Å². The Morgan fingerprint density at radius 2 is 1.96 bits per heavy atom. The van der Waals surface area contributed by atoms with Crippen LogP contribution < -0.4 is 0 Å². The summed E-state index contributed by atoms with van der Waals surface area (Å²) in [7, 11) is 1.22. The first-order valence-corrected chi connectivity index (χ1v) is 6.87. The van der Waals surface area contributed by atoms with Crippen molar-refractivity contribution in [3.05, 3.63) is 42.0 Å². The molecule has 1 heterocycles. The molecular weight excluding hydrogens is 303 g/mol. The van der Waals surface area contributed by atoms with E-state index in [-0.39, 0.29) is 11.1 Å². The first kappa shape index (κ1) is 16.7. The van der Waals surface area contributed by atoms with Crippen molar-refractivity contribution in [1.82, 2.24) is 9.78 Å². The first-order valence-electron chi connectivity index (χ1n) is 6.87. The summed E-state index contributed by atoms with van der Waals surface area (Å²) in [6.45, 7) is 5.21. The highest BCUT2D eigenvalue weighted by Crippen LogP contribution is 2.24. The molecule has 0 unspecified atom stereocenters. The highest BCUT2D eigenvalue weighted by Gasteiger charge is 2.19. The van der Waals surface area contributed by atoms with Crippen LogP contribution >= 0.6 is 0 Å². The number of ether oxygens (including phenoxy) is 2. The van der Waals surface area contributed by atoms with Gasteiger partial charge in [-0.1, -0.05) is 6.07 Å². The summed E-state index contributed by atoms with van der Waals surface area (Å²) < 4.78 is 24.9. The number of nitrogens with zero attached hydrogens (tertiary/aromatic N) is 2. The molecule has 0 bridgehead atoms. The van der Waals surface area contributed by atoms with Gasteiger partial charge in [-0.25, -0.2) is 14.0 Å². The van der Waals surface area contributed by atoms with E-state index in [0.29, 0.717) is 5.56 Å². The van der Waals surface area contributed by atoms with Crippen LogP contribution in [0.25, 0.3) is 11.1 Å². The molecule has 0 saturated carbocycles. The minimum atomic E-state index is -0.657. The van der Waals surface area contributed by atoms with Crippen molar-refractivity contribution < 1.29 is 23.5 Å². The fourth-order valence-electron chi connectivity index (χ4n) is 1.86. The van der Waals surface area contributed by atoms with Gasteiger partial charge in [-0.3, -0.25) is 0 Å². The highest BCUT2D eigenvalue weighted by molar-refractivity contribution is 5.90. The SMILES string of the molecule is COC(=O)c1ccc(-c2cnn(C(=O)OC(C)(C)C)c2)c(F)c1. The number of hydrogen-bond donors (Lipinski definition) is 0. The summed E-state index contributed by atoms with van der Waals surface area (Å²) in [4.78, 5) is 23.3. The smallest absolute Gasteiger partial charge is 0.435 e. The molecule has 0 N–H and O–H groups in total. The third-order valence-electron chi connectivity index (χ3n) is 2.86. The molecule has 122 valence electrons. The van der Waals surface area contributed by atoms with Gasteiger partial charge in [0.05, 0.1) is 18.9 Å². The minimum Gasteiger partial charge on any atom is -0.465 e. The van der Waals surface area contributed by atoms with E-state index in [9.17, 15) is 14.0 Å². The van der Waals surface area contributed by atoms with Crippen molar-refractivity contribution in [2.24, 2.45) is 0 Å². The average molecular weight is 320 g/mol. The Balaban J connectivity index is 2.27. The second-order valence-corrected chi connectivity index (χ2v) is 5.84. The molecule has 0 amide bonds. The lowest BCUT2D eigenvalue weighted by Crippen LogP contribution is -2.27. The molecule has 7 heteroatoms. The van der Waals surface area contributed by atoms with Crippen LogP contribution in [-0.2, 0) is 9.47 Å². The third-order valence-corrected chi connectivity index (χ3v) is 2.86. The molecule has 0 atom stereocenters. The van der Waals surface area contributed by atoms with Crippen LogP contribution in [-0.4, -0.2) is 34.6 Å². The molecular formula is C16H17FN2O4. The van der Waals surface area contributed by atoms with Gasteiger partial charge < -0.3 is 9.47 Å². The van der Waals surface area contributed by atoms with Crippen molar-refractivity contribution in [3.8, 4) is 11.1 Å². The van der Waals surface area contributed by atoms with Crippen LogP contribution in [0.5, 0.6) is 0 Å². The second kappa shape index (κ2) is 6.20. The van der Waals surface area contributed by atoms with E-state index in [0.717, 1.165) is 10.7 Å². The number of methoxy groups -OCH3 is 1. The summed E-state index contributed by atoms with van der Waals surface area (Å²) in [5, 5.41) is 3.88. The Kier molecular flexibility index (Phi) is 4.49. The Hall–Kier alpha value is -2.70. The Morgan fingerprint density at radius 3 is 2.52 bits per heavy atom. The van der Waals surface area contributed by atoms with Crippen LogP contribution in [0.15, 0.2) is 30.6 Å². The fraction of sp³-hybridized carbons (Fsp3) is 0.312. The van der Waals surface area contributed by atoms with Gasteiger partial charge in [0, 0.05) is 17.3 Å². The van der Waals surface area contributed by atoms with Gasteiger partial charge >= 0.3 is 12.1 Å². The minimum absolute atomic E-state index is 0.105. The van der Waals surface area contributed by atoms with E-state index in [1.165, 1.54) is 31.6 Å². The molecule has 0 radical (unpaired) electrons. The van der Waals surface area contributed by atoms with Crippen LogP contribution in [0.4, 0.5) is 9.18 Å². The molecule has 0 aliphatic heterocycles. The molecule has 0 aliphatic carbocycles. The van der Waals surface area contributed by atoms with Crippen LogP contribution in [0.3, 0.4) is 0 Å². The summed E-state index contributed by atoms with van der Waals surface area (Å²) in [6, 6.07) is 3.94. The monoisotopic (exact) mass is 320 g/mol. The molecule has 1 aromatic carbocycles. The molecule has 0 aliphatic rings. The largest absolute Gasteiger partial charge is 0.465 e. The van der Waals surface area contributed by atoms with E-state index in [1.807, 2.05) is 0 Å². The van der Waals surface area contributed by atoms with E-state index in [2.05, 4.69) is 9.84 Å². The Morgan fingerprint density at radius 1 is 1.26 bits per heavy atom. The van der Waals surface area contributed by atoms with Gasteiger partial charge in [0.15, 0.2) is 0 Å². The molecule has 1 aromatic heterocycles. The lowest BCUT2D eigenvalue weighted by molar-refractivity contribution is 0.0513. The van der Waals surface area contributed by atoms with Crippen molar-refractivity contribution in [2.75, 3.05) is 7.11 Å². The predicted octanol–water partition coefficient (Wildman–Crippen LogP) is 3.26. The lowest BCUT2D eigenvalue weighted by atomic mass is 10.1. The number of carbonyl (C=O) groups is 2. The van der Waals surface area contributed by atoms with Crippen molar-refractivity contribution in [1.29, 1.82) is 0 Å². The zero-order valence-electron chi connectivity index (χ0n) is 13.3. The normalized spacial score (nSPS) is 11.2. The second-order valence-electron chi connectivity index (χ2n) is 5.84. The van der Waals surface area contributed by atoms with Crippen LogP contribution in [0.2, 0.25) is 0 Å². The van der Waals surface area contributed by atoms with Gasteiger partial charge in [-0.2, -0.15) is 9.78 Å². The molecule has 0 saturated heterocycles. The molecule has 6 nitrogen and oxygen atoms in total. The number of hydrogen-bond acceptors (Lipinski definition) is 5. The number of rotatable bonds is 2. The lowest BCUT2D eigenvalue weighted by Gasteiger charge is -2.18. The number of esters is 1. The van der Waals surface area contributed by atoms with E-state index in [1.54, 1.807) is 20.8 Å². The summed E-state index contributed by atoms with van der Waals surface area (Å²) in [6.07, 6.45) is 2.06. The predicted molar refractivity (Wildman–Crippen MR) is 80.6 cm³/mol. The molecule has 2 aromatic rings. The van der Waals surface area contributed by atoms with E-state index < -0.39 is 23.5 Å². The number of benzene rings is 1.